The van der Waals surface area contributed by atoms with E-state index >= 15 is 0 Å². The molecular weight excluding hydrogens is 445 g/mol. The molecule has 1 aromatic carbocycles. The summed E-state index contributed by atoms with van der Waals surface area (Å²) in [5.41, 5.74) is 0.716. The Hall–Kier alpha value is -2.21. The third-order valence-corrected chi connectivity index (χ3v) is 6.30. The zero-order valence-corrected chi connectivity index (χ0v) is 19.0. The van der Waals surface area contributed by atoms with Crippen molar-refractivity contribution in [1.82, 2.24) is 15.0 Å². The summed E-state index contributed by atoms with van der Waals surface area (Å²) in [6.45, 7) is 0.972. The smallest absolute Gasteiger partial charge is 0.244 e. The summed E-state index contributed by atoms with van der Waals surface area (Å²) in [7, 11) is -2.62. The second kappa shape index (κ2) is 12.6. The topological polar surface area (TPSA) is 107 Å². The first-order valence-electron chi connectivity index (χ1n) is 9.47. The van der Waals surface area contributed by atoms with Crippen LogP contribution in [-0.2, 0) is 26.1 Å². The number of sulfonamides is 1. The summed E-state index contributed by atoms with van der Waals surface area (Å²) in [5, 5.41) is 2.70. The molecular formula is C20H26FN3O5S2. The van der Waals surface area contributed by atoms with Crippen LogP contribution >= 0.6 is 11.8 Å². The van der Waals surface area contributed by atoms with Gasteiger partial charge in [-0.15, -0.1) is 0 Å². The molecule has 31 heavy (non-hydrogen) atoms. The van der Waals surface area contributed by atoms with Crippen LogP contribution in [-0.4, -0.2) is 57.7 Å². The van der Waals surface area contributed by atoms with Gasteiger partial charge in [-0.1, -0.05) is 18.2 Å². The van der Waals surface area contributed by atoms with Crippen molar-refractivity contribution < 1.29 is 27.1 Å². The number of nitrogens with zero attached hydrogens (tertiary/aromatic N) is 1. The molecule has 2 N–H and O–H groups in total. The standard InChI is InChI=1S/C20H26FN3O5S2/c1-28-10-11-29-19-8-7-15(13-22-19)14-23-20(25)17(9-12-30-2)24-31(26,27)18-6-4-3-5-16(18)21/h3-8,13,17,24H,9-12,14H2,1-2H3,(H,23,25). The van der Waals surface area contributed by atoms with Gasteiger partial charge in [0.25, 0.3) is 0 Å². The summed E-state index contributed by atoms with van der Waals surface area (Å²) < 4.78 is 51.7. The summed E-state index contributed by atoms with van der Waals surface area (Å²) in [6, 6.07) is 7.41. The van der Waals surface area contributed by atoms with E-state index in [1.54, 1.807) is 25.4 Å². The first-order chi connectivity index (χ1) is 14.9. The lowest BCUT2D eigenvalue weighted by Crippen LogP contribution is -2.46. The van der Waals surface area contributed by atoms with Gasteiger partial charge in [0, 0.05) is 25.9 Å². The van der Waals surface area contributed by atoms with Crippen molar-refractivity contribution in [3.8, 4) is 5.88 Å². The van der Waals surface area contributed by atoms with Crippen molar-refractivity contribution >= 4 is 27.7 Å². The number of carbonyl (C=O) groups excluding carboxylic acids is 1. The Labute approximate surface area is 186 Å². The summed E-state index contributed by atoms with van der Waals surface area (Å²) >= 11 is 1.47. The molecule has 1 amide bonds. The molecule has 11 heteroatoms. The lowest BCUT2D eigenvalue weighted by molar-refractivity contribution is -0.122. The van der Waals surface area contributed by atoms with Crippen molar-refractivity contribution in [3.63, 3.8) is 0 Å². The summed E-state index contributed by atoms with van der Waals surface area (Å²) in [4.78, 5) is 16.3. The van der Waals surface area contributed by atoms with E-state index in [1.807, 2.05) is 6.26 Å². The Balaban J connectivity index is 2.00. The average molecular weight is 472 g/mol. The van der Waals surface area contributed by atoms with E-state index in [-0.39, 0.29) is 13.0 Å². The number of aromatic nitrogens is 1. The van der Waals surface area contributed by atoms with Gasteiger partial charge >= 0.3 is 0 Å². The van der Waals surface area contributed by atoms with Crippen molar-refractivity contribution in [2.24, 2.45) is 0 Å². The van der Waals surface area contributed by atoms with E-state index in [0.717, 1.165) is 12.1 Å². The Bertz CT molecular complexity index is 942. The third kappa shape index (κ3) is 8.09. The minimum atomic E-state index is -4.20. The molecule has 0 saturated carbocycles. The zero-order valence-electron chi connectivity index (χ0n) is 17.3. The molecule has 0 saturated heterocycles. The second-order valence-electron chi connectivity index (χ2n) is 6.45. The number of methoxy groups -OCH3 is 1. The number of carbonyl (C=O) groups is 1. The van der Waals surface area contributed by atoms with E-state index in [4.69, 9.17) is 9.47 Å². The molecule has 170 valence electrons. The monoisotopic (exact) mass is 471 g/mol. The van der Waals surface area contributed by atoms with Crippen LogP contribution in [0.4, 0.5) is 4.39 Å². The minimum absolute atomic E-state index is 0.154. The summed E-state index contributed by atoms with van der Waals surface area (Å²) in [6.07, 6.45) is 3.66. The second-order valence-corrected chi connectivity index (χ2v) is 9.12. The molecule has 0 radical (unpaired) electrons. The molecule has 2 rings (SSSR count). The van der Waals surface area contributed by atoms with Gasteiger partial charge in [-0.25, -0.2) is 17.8 Å². The number of halogens is 1. The number of ether oxygens (including phenoxy) is 2. The van der Waals surface area contributed by atoms with Crippen molar-refractivity contribution in [3.05, 3.63) is 54.0 Å². The number of nitrogens with one attached hydrogen (secondary N) is 2. The highest BCUT2D eigenvalue weighted by atomic mass is 32.2. The fourth-order valence-corrected chi connectivity index (χ4v) is 4.32. The summed E-state index contributed by atoms with van der Waals surface area (Å²) in [5.74, 6) is -0.401. The molecule has 0 aliphatic heterocycles. The molecule has 2 aromatic rings. The minimum Gasteiger partial charge on any atom is -0.475 e. The highest BCUT2D eigenvalue weighted by Crippen LogP contribution is 2.15. The number of thioether (sulfide) groups is 1. The van der Waals surface area contributed by atoms with Crippen molar-refractivity contribution in [2.75, 3.05) is 32.3 Å². The number of rotatable bonds is 13. The van der Waals surface area contributed by atoms with Crippen LogP contribution in [0.3, 0.4) is 0 Å². The molecule has 0 aliphatic rings. The molecule has 8 nitrogen and oxygen atoms in total. The zero-order chi connectivity index (χ0) is 22.7. The van der Waals surface area contributed by atoms with Gasteiger partial charge in [0.15, 0.2) is 0 Å². The molecule has 1 unspecified atom stereocenters. The predicted octanol–water partition coefficient (Wildman–Crippen LogP) is 1.96. The molecule has 1 heterocycles. The molecule has 1 atom stereocenters. The van der Waals surface area contributed by atoms with Crippen LogP contribution in [0, 0.1) is 5.82 Å². The average Bonchev–Trinajstić information content (AvgIpc) is 2.76. The Morgan fingerprint density at radius 3 is 2.65 bits per heavy atom. The van der Waals surface area contributed by atoms with E-state index in [1.165, 1.54) is 23.9 Å². The highest BCUT2D eigenvalue weighted by molar-refractivity contribution is 7.98. The van der Waals surface area contributed by atoms with Crippen LogP contribution in [0.1, 0.15) is 12.0 Å². The van der Waals surface area contributed by atoms with Gasteiger partial charge in [-0.2, -0.15) is 16.5 Å². The number of pyridine rings is 1. The first-order valence-corrected chi connectivity index (χ1v) is 12.3. The highest BCUT2D eigenvalue weighted by Gasteiger charge is 2.27. The van der Waals surface area contributed by atoms with Gasteiger partial charge < -0.3 is 14.8 Å². The van der Waals surface area contributed by atoms with E-state index in [2.05, 4.69) is 15.0 Å². The van der Waals surface area contributed by atoms with Gasteiger partial charge in [-0.3, -0.25) is 4.79 Å². The Kier molecular flexibility index (Phi) is 10.2. The van der Waals surface area contributed by atoms with E-state index in [9.17, 15) is 17.6 Å². The first kappa shape index (κ1) is 25.1. The molecule has 0 spiro atoms. The number of hydrogen-bond acceptors (Lipinski definition) is 7. The van der Waals surface area contributed by atoms with Gasteiger partial charge in [0.2, 0.25) is 21.8 Å². The Morgan fingerprint density at radius 1 is 1.23 bits per heavy atom. The van der Waals surface area contributed by atoms with Crippen molar-refractivity contribution in [1.29, 1.82) is 0 Å². The lowest BCUT2D eigenvalue weighted by atomic mass is 10.2. The van der Waals surface area contributed by atoms with Gasteiger partial charge in [0.1, 0.15) is 23.4 Å². The fourth-order valence-electron chi connectivity index (χ4n) is 2.54. The lowest BCUT2D eigenvalue weighted by Gasteiger charge is -2.18. The maximum absolute atomic E-state index is 13.9. The van der Waals surface area contributed by atoms with E-state index in [0.29, 0.717) is 30.4 Å². The number of hydrogen-bond donors (Lipinski definition) is 2. The SMILES string of the molecule is COCCOc1ccc(CNC(=O)C(CCSC)NS(=O)(=O)c2ccccc2F)cn1. The van der Waals surface area contributed by atoms with Crippen LogP contribution < -0.4 is 14.8 Å². The van der Waals surface area contributed by atoms with Crippen LogP contribution in [0.2, 0.25) is 0 Å². The normalized spacial score (nSPS) is 12.4. The maximum atomic E-state index is 13.9. The van der Waals surface area contributed by atoms with Crippen molar-refractivity contribution in [2.45, 2.75) is 23.9 Å². The maximum Gasteiger partial charge on any atom is 0.244 e. The molecule has 0 fully saturated rings. The van der Waals surface area contributed by atoms with Gasteiger partial charge in [0.05, 0.1) is 6.61 Å². The van der Waals surface area contributed by atoms with Gasteiger partial charge in [-0.05, 0) is 36.1 Å². The van der Waals surface area contributed by atoms with E-state index < -0.39 is 32.7 Å². The van der Waals surface area contributed by atoms with Crippen LogP contribution in [0.15, 0.2) is 47.5 Å². The number of amides is 1. The Morgan fingerprint density at radius 2 is 2.00 bits per heavy atom. The molecule has 0 bridgehead atoms. The van der Waals surface area contributed by atoms with Crippen LogP contribution in [0.5, 0.6) is 5.88 Å². The third-order valence-electron chi connectivity index (χ3n) is 4.15. The predicted molar refractivity (Wildman–Crippen MR) is 117 cm³/mol. The number of benzene rings is 1. The molecule has 0 aliphatic carbocycles. The fraction of sp³-hybridized carbons (Fsp3) is 0.400. The van der Waals surface area contributed by atoms with Crippen LogP contribution in [0.25, 0.3) is 0 Å². The molecule has 1 aromatic heterocycles. The quantitative estimate of drug-likeness (QED) is 0.430. The largest absolute Gasteiger partial charge is 0.475 e.